The number of aliphatic hydroxyl groups excluding tert-OH is 1. The number of hydrogen-bond acceptors (Lipinski definition) is 3. The van der Waals surface area contributed by atoms with Gasteiger partial charge in [-0.25, -0.2) is 4.39 Å². The third-order valence-corrected chi connectivity index (χ3v) is 4.00. The van der Waals surface area contributed by atoms with Crippen LogP contribution in [0, 0.1) is 5.82 Å². The summed E-state index contributed by atoms with van der Waals surface area (Å²) in [6.07, 6.45) is -0.585. The van der Waals surface area contributed by atoms with Crippen molar-refractivity contribution in [3.05, 3.63) is 83.9 Å². The molecule has 2 aromatic carbocycles. The van der Waals surface area contributed by atoms with Gasteiger partial charge in [-0.3, -0.25) is 0 Å². The van der Waals surface area contributed by atoms with Crippen molar-refractivity contribution in [2.24, 2.45) is 0 Å². The second-order valence-corrected chi connectivity index (χ2v) is 5.80. The highest BCUT2D eigenvalue weighted by Gasteiger charge is 2.16. The zero-order valence-electron chi connectivity index (χ0n) is 13.4. The molecule has 2 atom stereocenters. The maximum atomic E-state index is 13.0. The van der Waals surface area contributed by atoms with Crippen LogP contribution < -0.4 is 5.32 Å². The molecule has 0 unspecified atom stereocenters. The molecule has 0 saturated heterocycles. The van der Waals surface area contributed by atoms with Gasteiger partial charge in [0.1, 0.15) is 17.3 Å². The van der Waals surface area contributed by atoms with Crippen LogP contribution in [0.1, 0.15) is 24.4 Å². The van der Waals surface area contributed by atoms with E-state index in [0.717, 1.165) is 16.9 Å². The molecule has 0 saturated carbocycles. The van der Waals surface area contributed by atoms with E-state index < -0.39 is 6.10 Å². The van der Waals surface area contributed by atoms with Crippen LogP contribution in [0.3, 0.4) is 0 Å². The summed E-state index contributed by atoms with van der Waals surface area (Å²) >= 11 is 0. The molecule has 3 rings (SSSR count). The lowest BCUT2D eigenvalue weighted by atomic mass is 10.0. The van der Waals surface area contributed by atoms with Gasteiger partial charge < -0.3 is 14.8 Å². The summed E-state index contributed by atoms with van der Waals surface area (Å²) in [7, 11) is 0. The van der Waals surface area contributed by atoms with E-state index in [2.05, 4.69) is 5.32 Å². The van der Waals surface area contributed by atoms with Crippen LogP contribution in [0.25, 0.3) is 11.3 Å². The maximum Gasteiger partial charge on any atom is 0.134 e. The summed E-state index contributed by atoms with van der Waals surface area (Å²) in [6.45, 7) is 2.44. The normalized spacial score (nSPS) is 13.6. The predicted molar refractivity (Wildman–Crippen MR) is 91.8 cm³/mol. The Balaban J connectivity index is 1.60. The van der Waals surface area contributed by atoms with Crippen molar-refractivity contribution >= 4 is 0 Å². The van der Waals surface area contributed by atoms with Crippen molar-refractivity contribution in [1.82, 2.24) is 5.32 Å². The van der Waals surface area contributed by atoms with Gasteiger partial charge in [-0.1, -0.05) is 30.3 Å². The van der Waals surface area contributed by atoms with E-state index in [9.17, 15) is 9.50 Å². The number of benzene rings is 2. The van der Waals surface area contributed by atoms with Gasteiger partial charge >= 0.3 is 0 Å². The van der Waals surface area contributed by atoms with Crippen LogP contribution in [0.4, 0.5) is 4.39 Å². The van der Waals surface area contributed by atoms with E-state index in [1.807, 2.05) is 49.4 Å². The highest BCUT2D eigenvalue weighted by molar-refractivity contribution is 5.57. The fourth-order valence-electron chi connectivity index (χ4n) is 2.55. The molecule has 1 aromatic heterocycles. The number of furan rings is 1. The van der Waals surface area contributed by atoms with Crippen LogP contribution in [-0.4, -0.2) is 11.1 Å². The van der Waals surface area contributed by atoms with Gasteiger partial charge in [0.25, 0.3) is 0 Å². The lowest BCUT2D eigenvalue weighted by molar-refractivity contribution is 0.134. The van der Waals surface area contributed by atoms with Crippen LogP contribution in [0.15, 0.2) is 71.1 Å². The molecule has 3 aromatic rings. The average Bonchev–Trinajstić information content (AvgIpc) is 3.09. The molecule has 0 bridgehead atoms. The zero-order chi connectivity index (χ0) is 16.9. The van der Waals surface area contributed by atoms with Crippen molar-refractivity contribution in [3.63, 3.8) is 0 Å². The van der Waals surface area contributed by atoms with Gasteiger partial charge in [0.15, 0.2) is 0 Å². The number of nitrogens with one attached hydrogen (secondary N) is 1. The molecular formula is C20H20FNO2. The first kappa shape index (κ1) is 16.4. The first-order valence-corrected chi connectivity index (χ1v) is 7.94. The quantitative estimate of drug-likeness (QED) is 0.710. The van der Waals surface area contributed by atoms with Gasteiger partial charge in [0.05, 0.1) is 12.6 Å². The lowest BCUT2D eigenvalue weighted by Gasteiger charge is -2.20. The molecule has 124 valence electrons. The Kier molecular flexibility index (Phi) is 5.08. The van der Waals surface area contributed by atoms with Gasteiger partial charge in [-0.2, -0.15) is 0 Å². The molecule has 0 aliphatic rings. The fraction of sp³-hybridized carbons (Fsp3) is 0.200. The molecule has 0 aliphatic carbocycles. The Bertz CT molecular complexity index is 768. The minimum absolute atomic E-state index is 0.119. The largest absolute Gasteiger partial charge is 0.460 e. The third kappa shape index (κ3) is 3.91. The summed E-state index contributed by atoms with van der Waals surface area (Å²) in [5, 5.41) is 13.6. The Morgan fingerprint density at radius 1 is 1.00 bits per heavy atom. The SMILES string of the molecule is C[C@@H](NCc1ccc(-c2ccc(F)cc2)o1)[C@H](O)c1ccccc1. The zero-order valence-corrected chi connectivity index (χ0v) is 13.4. The molecule has 2 N–H and O–H groups in total. The summed E-state index contributed by atoms with van der Waals surface area (Å²) in [6, 6.07) is 19.4. The van der Waals surface area contributed by atoms with E-state index in [-0.39, 0.29) is 11.9 Å². The number of hydrogen-bond donors (Lipinski definition) is 2. The van der Waals surface area contributed by atoms with E-state index >= 15 is 0 Å². The average molecular weight is 325 g/mol. The minimum atomic E-state index is -0.585. The van der Waals surface area contributed by atoms with Crippen LogP contribution in [0.2, 0.25) is 0 Å². The van der Waals surface area contributed by atoms with Crippen LogP contribution >= 0.6 is 0 Å². The fourth-order valence-corrected chi connectivity index (χ4v) is 2.55. The summed E-state index contributed by atoms with van der Waals surface area (Å²) in [5.74, 6) is 1.19. The van der Waals surface area contributed by atoms with Crippen molar-refractivity contribution in [1.29, 1.82) is 0 Å². The Hall–Kier alpha value is -2.43. The molecule has 4 heteroatoms. The Morgan fingerprint density at radius 3 is 2.42 bits per heavy atom. The maximum absolute atomic E-state index is 13.0. The van der Waals surface area contributed by atoms with Crippen molar-refractivity contribution in [2.75, 3.05) is 0 Å². The van der Waals surface area contributed by atoms with Crippen LogP contribution in [0.5, 0.6) is 0 Å². The first-order valence-electron chi connectivity index (χ1n) is 7.94. The minimum Gasteiger partial charge on any atom is -0.460 e. The number of aliphatic hydroxyl groups is 1. The standard InChI is InChI=1S/C20H20FNO2/c1-14(20(23)16-5-3-2-4-6-16)22-13-18-11-12-19(24-18)15-7-9-17(21)10-8-15/h2-12,14,20,22-23H,13H2,1H3/t14-,20+/m1/s1. The molecule has 0 aliphatic heterocycles. The van der Waals surface area contributed by atoms with E-state index in [1.165, 1.54) is 12.1 Å². The number of rotatable bonds is 6. The van der Waals surface area contributed by atoms with E-state index in [1.54, 1.807) is 12.1 Å². The molecule has 1 heterocycles. The monoisotopic (exact) mass is 325 g/mol. The second-order valence-electron chi connectivity index (χ2n) is 5.80. The first-order chi connectivity index (χ1) is 11.6. The Labute approximate surface area is 140 Å². The number of halogens is 1. The van der Waals surface area contributed by atoms with Gasteiger partial charge in [0.2, 0.25) is 0 Å². The van der Waals surface area contributed by atoms with Crippen molar-refractivity contribution in [3.8, 4) is 11.3 Å². The topological polar surface area (TPSA) is 45.4 Å². The smallest absolute Gasteiger partial charge is 0.134 e. The molecule has 24 heavy (non-hydrogen) atoms. The lowest BCUT2D eigenvalue weighted by Crippen LogP contribution is -2.31. The van der Waals surface area contributed by atoms with Crippen LogP contribution in [-0.2, 0) is 6.54 Å². The second kappa shape index (κ2) is 7.43. The molecule has 0 fully saturated rings. The molecule has 3 nitrogen and oxygen atoms in total. The molecular weight excluding hydrogens is 305 g/mol. The highest BCUT2D eigenvalue weighted by Crippen LogP contribution is 2.23. The Morgan fingerprint density at radius 2 is 1.71 bits per heavy atom. The van der Waals surface area contributed by atoms with Crippen molar-refractivity contribution in [2.45, 2.75) is 25.6 Å². The van der Waals surface area contributed by atoms with Gasteiger partial charge in [-0.05, 0) is 48.9 Å². The summed E-state index contributed by atoms with van der Waals surface area (Å²) in [5.41, 5.74) is 1.71. The summed E-state index contributed by atoms with van der Waals surface area (Å²) in [4.78, 5) is 0. The third-order valence-electron chi connectivity index (χ3n) is 4.00. The van der Waals surface area contributed by atoms with E-state index in [4.69, 9.17) is 4.42 Å². The van der Waals surface area contributed by atoms with Gasteiger partial charge in [-0.15, -0.1) is 0 Å². The van der Waals surface area contributed by atoms with E-state index in [0.29, 0.717) is 12.3 Å². The highest BCUT2D eigenvalue weighted by atomic mass is 19.1. The summed E-state index contributed by atoms with van der Waals surface area (Å²) < 4.78 is 18.7. The van der Waals surface area contributed by atoms with Gasteiger partial charge in [0, 0.05) is 11.6 Å². The predicted octanol–water partition coefficient (Wildman–Crippen LogP) is 4.30. The van der Waals surface area contributed by atoms with Crippen molar-refractivity contribution < 1.29 is 13.9 Å². The molecule has 0 radical (unpaired) electrons. The molecule has 0 amide bonds. The molecule has 0 spiro atoms.